The Kier molecular flexibility index (Phi) is 3.96. The van der Waals surface area contributed by atoms with Gasteiger partial charge in [-0.05, 0) is 12.5 Å². The smallest absolute Gasteiger partial charge is 0.248 e. The maximum Gasteiger partial charge on any atom is 0.248 e. The molecule has 6 nitrogen and oxygen atoms in total. The van der Waals surface area contributed by atoms with E-state index in [0.29, 0.717) is 30.6 Å². The van der Waals surface area contributed by atoms with Gasteiger partial charge < -0.3 is 4.52 Å². The molecule has 2 aromatic heterocycles. The third-order valence-corrected chi connectivity index (χ3v) is 3.28. The second-order valence-corrected chi connectivity index (χ2v) is 5.05. The highest BCUT2D eigenvalue weighted by Gasteiger charge is 2.11. The van der Waals surface area contributed by atoms with E-state index >= 15 is 0 Å². The van der Waals surface area contributed by atoms with E-state index in [0.717, 1.165) is 16.8 Å². The summed E-state index contributed by atoms with van der Waals surface area (Å²) in [7, 11) is 0. The maximum atomic E-state index is 5.67. The third-order valence-electron chi connectivity index (χ3n) is 3.09. The molecule has 0 saturated heterocycles. The highest BCUT2D eigenvalue weighted by molar-refractivity contribution is 6.17. The van der Waals surface area contributed by atoms with Crippen LogP contribution >= 0.6 is 11.6 Å². The van der Waals surface area contributed by atoms with Gasteiger partial charge in [0.2, 0.25) is 11.7 Å². The lowest BCUT2D eigenvalue weighted by Gasteiger charge is -1.98. The number of alkyl halides is 1. The van der Waals surface area contributed by atoms with E-state index in [1.54, 1.807) is 4.68 Å². The van der Waals surface area contributed by atoms with Crippen molar-refractivity contribution in [3.05, 3.63) is 47.6 Å². The van der Waals surface area contributed by atoms with Gasteiger partial charge in [-0.15, -0.1) is 16.7 Å². The molecule has 0 aliphatic heterocycles. The number of benzene rings is 1. The zero-order chi connectivity index (χ0) is 14.7. The third kappa shape index (κ3) is 3.11. The van der Waals surface area contributed by atoms with Crippen LogP contribution in [0.1, 0.15) is 17.1 Å². The van der Waals surface area contributed by atoms with Gasteiger partial charge in [0, 0.05) is 24.1 Å². The van der Waals surface area contributed by atoms with Crippen LogP contribution in [0.3, 0.4) is 0 Å². The highest BCUT2D eigenvalue weighted by atomic mass is 35.5. The SMILES string of the molecule is Cc1ccccc1-c1noc(Cn2cc(CCCl)nn2)n1. The molecule has 0 N–H and O–H groups in total. The zero-order valence-corrected chi connectivity index (χ0v) is 12.3. The summed E-state index contributed by atoms with van der Waals surface area (Å²) in [4.78, 5) is 4.40. The molecule has 0 bridgehead atoms. The number of aryl methyl sites for hydroxylation is 2. The topological polar surface area (TPSA) is 69.6 Å². The van der Waals surface area contributed by atoms with Gasteiger partial charge in [-0.1, -0.05) is 34.6 Å². The molecule has 7 heteroatoms. The molecule has 0 aliphatic carbocycles. The molecule has 0 amide bonds. The molecule has 0 fully saturated rings. The lowest BCUT2D eigenvalue weighted by Crippen LogP contribution is -2.00. The van der Waals surface area contributed by atoms with Gasteiger partial charge in [-0.2, -0.15) is 4.98 Å². The average molecular weight is 304 g/mol. The van der Waals surface area contributed by atoms with Gasteiger partial charge in [0.1, 0.15) is 6.54 Å². The highest BCUT2D eigenvalue weighted by Crippen LogP contribution is 2.19. The molecular formula is C14H14ClN5O. The van der Waals surface area contributed by atoms with Gasteiger partial charge in [0.05, 0.1) is 5.69 Å². The van der Waals surface area contributed by atoms with E-state index in [4.69, 9.17) is 16.1 Å². The minimum Gasteiger partial charge on any atom is -0.337 e. The summed E-state index contributed by atoms with van der Waals surface area (Å²) in [5.74, 6) is 1.61. The molecule has 0 spiro atoms. The van der Waals surface area contributed by atoms with Crippen molar-refractivity contribution in [3.63, 3.8) is 0 Å². The lowest BCUT2D eigenvalue weighted by atomic mass is 10.1. The second-order valence-electron chi connectivity index (χ2n) is 4.67. The van der Waals surface area contributed by atoms with E-state index in [-0.39, 0.29) is 0 Å². The van der Waals surface area contributed by atoms with Crippen molar-refractivity contribution in [2.75, 3.05) is 5.88 Å². The quantitative estimate of drug-likeness (QED) is 0.677. The summed E-state index contributed by atoms with van der Waals surface area (Å²) in [5, 5.41) is 12.0. The van der Waals surface area contributed by atoms with Crippen molar-refractivity contribution < 1.29 is 4.52 Å². The van der Waals surface area contributed by atoms with Crippen LogP contribution < -0.4 is 0 Å². The van der Waals surface area contributed by atoms with Crippen molar-refractivity contribution >= 4 is 11.6 Å². The van der Waals surface area contributed by atoms with E-state index in [9.17, 15) is 0 Å². The summed E-state index contributed by atoms with van der Waals surface area (Å²) >= 11 is 5.67. The predicted molar refractivity (Wildman–Crippen MR) is 78.0 cm³/mol. The summed E-state index contributed by atoms with van der Waals surface area (Å²) in [6.07, 6.45) is 2.53. The number of nitrogens with zero attached hydrogens (tertiary/aromatic N) is 5. The Labute approximate surface area is 126 Å². The summed E-state index contributed by atoms with van der Waals surface area (Å²) in [6, 6.07) is 7.92. The van der Waals surface area contributed by atoms with Crippen LogP contribution in [0.25, 0.3) is 11.4 Å². The minimum absolute atomic E-state index is 0.397. The molecule has 1 aromatic carbocycles. The molecule has 21 heavy (non-hydrogen) atoms. The summed E-state index contributed by atoms with van der Waals surface area (Å²) in [5.41, 5.74) is 2.92. The standard InChI is InChI=1S/C14H14ClN5O/c1-10-4-2-3-5-12(10)14-16-13(21-18-14)9-20-8-11(6-7-15)17-19-20/h2-5,8H,6-7,9H2,1H3. The van der Waals surface area contributed by atoms with Crippen LogP contribution in [0, 0.1) is 6.92 Å². The first-order valence-electron chi connectivity index (χ1n) is 6.60. The molecule has 0 atom stereocenters. The predicted octanol–water partition coefficient (Wildman–Crippen LogP) is 2.47. The van der Waals surface area contributed by atoms with Crippen molar-refractivity contribution in [1.82, 2.24) is 25.1 Å². The number of aromatic nitrogens is 5. The second kappa shape index (κ2) is 6.05. The average Bonchev–Trinajstić information content (AvgIpc) is 3.10. The van der Waals surface area contributed by atoms with E-state index in [2.05, 4.69) is 20.5 Å². The monoisotopic (exact) mass is 303 g/mol. The van der Waals surface area contributed by atoms with E-state index in [1.165, 1.54) is 0 Å². The summed E-state index contributed by atoms with van der Waals surface area (Å²) < 4.78 is 6.94. The fourth-order valence-electron chi connectivity index (χ4n) is 2.02. The van der Waals surface area contributed by atoms with Crippen LogP contribution in [-0.2, 0) is 13.0 Å². The maximum absolute atomic E-state index is 5.67. The lowest BCUT2D eigenvalue weighted by molar-refractivity contribution is 0.364. The zero-order valence-electron chi connectivity index (χ0n) is 11.5. The van der Waals surface area contributed by atoms with E-state index < -0.39 is 0 Å². The van der Waals surface area contributed by atoms with E-state index in [1.807, 2.05) is 37.4 Å². The molecule has 0 saturated carbocycles. The van der Waals surface area contributed by atoms with Crippen LogP contribution in [0.2, 0.25) is 0 Å². The van der Waals surface area contributed by atoms with Crippen molar-refractivity contribution in [1.29, 1.82) is 0 Å². The molecule has 2 heterocycles. The van der Waals surface area contributed by atoms with Crippen molar-refractivity contribution in [2.45, 2.75) is 19.9 Å². The molecule has 0 unspecified atom stereocenters. The Morgan fingerprint density at radius 2 is 2.14 bits per heavy atom. The van der Waals surface area contributed by atoms with Gasteiger partial charge >= 0.3 is 0 Å². The number of halogens is 1. The first kappa shape index (κ1) is 13.8. The molecular weight excluding hydrogens is 290 g/mol. The van der Waals surface area contributed by atoms with Crippen LogP contribution in [0.4, 0.5) is 0 Å². The Bertz CT molecular complexity index is 736. The molecule has 3 rings (SSSR count). The Balaban J connectivity index is 1.77. The van der Waals surface area contributed by atoms with Crippen LogP contribution in [-0.4, -0.2) is 31.0 Å². The molecule has 0 radical (unpaired) electrons. The van der Waals surface area contributed by atoms with Crippen LogP contribution in [0.5, 0.6) is 0 Å². The van der Waals surface area contributed by atoms with Crippen molar-refractivity contribution in [3.8, 4) is 11.4 Å². The first-order valence-corrected chi connectivity index (χ1v) is 7.13. The van der Waals surface area contributed by atoms with Gasteiger partial charge in [-0.25, -0.2) is 4.68 Å². The fourth-order valence-corrected chi connectivity index (χ4v) is 2.21. The molecule has 3 aromatic rings. The van der Waals surface area contributed by atoms with Crippen molar-refractivity contribution in [2.24, 2.45) is 0 Å². The largest absolute Gasteiger partial charge is 0.337 e. The molecule has 108 valence electrons. The van der Waals surface area contributed by atoms with Gasteiger partial charge in [0.15, 0.2) is 0 Å². The van der Waals surface area contributed by atoms with Gasteiger partial charge in [0.25, 0.3) is 0 Å². The number of hydrogen-bond acceptors (Lipinski definition) is 5. The normalized spacial score (nSPS) is 11.0. The van der Waals surface area contributed by atoms with Crippen LogP contribution in [0.15, 0.2) is 35.0 Å². The first-order chi connectivity index (χ1) is 10.3. The number of rotatable bonds is 5. The molecule has 0 aliphatic rings. The Hall–Kier alpha value is -2.21. The Morgan fingerprint density at radius 1 is 1.29 bits per heavy atom. The van der Waals surface area contributed by atoms with Gasteiger partial charge in [-0.3, -0.25) is 0 Å². The minimum atomic E-state index is 0.397. The summed E-state index contributed by atoms with van der Waals surface area (Å²) in [6.45, 7) is 2.41. The Morgan fingerprint density at radius 3 is 2.95 bits per heavy atom. The number of hydrogen-bond donors (Lipinski definition) is 0. The fraction of sp³-hybridized carbons (Fsp3) is 0.286.